The number of carbonyl (C=O) groups is 1. The summed E-state index contributed by atoms with van der Waals surface area (Å²) in [7, 11) is 0. The minimum Gasteiger partial charge on any atom is -0.329 e. The summed E-state index contributed by atoms with van der Waals surface area (Å²) in [6, 6.07) is 7.76. The molecule has 1 aromatic rings. The van der Waals surface area contributed by atoms with E-state index < -0.39 is 0 Å². The third-order valence-electron chi connectivity index (χ3n) is 2.68. The highest BCUT2D eigenvalue weighted by molar-refractivity contribution is 5.92. The summed E-state index contributed by atoms with van der Waals surface area (Å²) in [6.07, 6.45) is 0. The Bertz CT molecular complexity index is 365. The van der Waals surface area contributed by atoms with E-state index in [1.54, 1.807) is 0 Å². The van der Waals surface area contributed by atoms with Gasteiger partial charge in [0.2, 0.25) is 5.91 Å². The molecule has 0 fully saturated rings. The molecule has 0 saturated carbocycles. The number of nitrogens with one attached hydrogen (secondary N) is 1. The van der Waals surface area contributed by atoms with E-state index in [2.05, 4.69) is 5.32 Å². The summed E-state index contributed by atoms with van der Waals surface area (Å²) < 4.78 is 0. The maximum atomic E-state index is 11.8. The van der Waals surface area contributed by atoms with Gasteiger partial charge in [-0.05, 0) is 25.1 Å². The zero-order chi connectivity index (χ0) is 12.7. The first-order valence-corrected chi connectivity index (χ1v) is 5.95. The van der Waals surface area contributed by atoms with Gasteiger partial charge in [-0.2, -0.15) is 0 Å². The predicted molar refractivity (Wildman–Crippen MR) is 71.0 cm³/mol. The van der Waals surface area contributed by atoms with E-state index in [0.717, 1.165) is 24.3 Å². The lowest BCUT2D eigenvalue weighted by Crippen LogP contribution is -2.36. The molecule has 4 heteroatoms. The van der Waals surface area contributed by atoms with E-state index in [1.807, 2.05) is 43.0 Å². The topological polar surface area (TPSA) is 58.4 Å². The van der Waals surface area contributed by atoms with Crippen molar-refractivity contribution in [1.82, 2.24) is 4.90 Å². The summed E-state index contributed by atoms with van der Waals surface area (Å²) >= 11 is 0. The Labute approximate surface area is 103 Å². The lowest BCUT2D eigenvalue weighted by atomic mass is 10.2. The Balaban J connectivity index is 2.52. The zero-order valence-corrected chi connectivity index (χ0v) is 10.6. The average molecular weight is 235 g/mol. The number of carbonyl (C=O) groups excluding carboxylic acids is 1. The first-order valence-electron chi connectivity index (χ1n) is 5.95. The van der Waals surface area contributed by atoms with Crippen LogP contribution in [0.25, 0.3) is 0 Å². The fourth-order valence-electron chi connectivity index (χ4n) is 1.64. The number of anilines is 1. The van der Waals surface area contributed by atoms with Gasteiger partial charge in [-0.1, -0.05) is 25.1 Å². The largest absolute Gasteiger partial charge is 0.329 e. The summed E-state index contributed by atoms with van der Waals surface area (Å²) in [5.74, 6) is 0.00889. The Morgan fingerprint density at radius 3 is 2.71 bits per heavy atom. The Morgan fingerprint density at radius 1 is 1.41 bits per heavy atom. The minimum atomic E-state index is 0.00889. The highest BCUT2D eigenvalue weighted by Crippen LogP contribution is 2.12. The molecule has 3 N–H and O–H groups in total. The molecular formula is C13H21N3O. The van der Waals surface area contributed by atoms with Crippen molar-refractivity contribution in [2.75, 3.05) is 31.5 Å². The lowest BCUT2D eigenvalue weighted by Gasteiger charge is -2.19. The smallest absolute Gasteiger partial charge is 0.238 e. The number of nitrogens with two attached hydrogens (primary N) is 1. The van der Waals surface area contributed by atoms with Gasteiger partial charge in [0.05, 0.1) is 6.54 Å². The van der Waals surface area contributed by atoms with Crippen LogP contribution in [0.4, 0.5) is 5.69 Å². The molecule has 0 bridgehead atoms. The van der Waals surface area contributed by atoms with Crippen LogP contribution in [-0.4, -0.2) is 37.0 Å². The normalized spacial score (nSPS) is 10.6. The minimum absolute atomic E-state index is 0.00889. The van der Waals surface area contributed by atoms with Crippen LogP contribution in [0.3, 0.4) is 0 Å². The van der Waals surface area contributed by atoms with E-state index in [9.17, 15) is 4.79 Å². The Morgan fingerprint density at radius 2 is 2.12 bits per heavy atom. The summed E-state index contributed by atoms with van der Waals surface area (Å²) in [5.41, 5.74) is 7.43. The van der Waals surface area contributed by atoms with Crippen LogP contribution < -0.4 is 11.1 Å². The molecule has 0 aliphatic carbocycles. The van der Waals surface area contributed by atoms with E-state index >= 15 is 0 Å². The van der Waals surface area contributed by atoms with E-state index in [-0.39, 0.29) is 5.91 Å². The number of aryl methyl sites for hydroxylation is 1. The van der Waals surface area contributed by atoms with Gasteiger partial charge in [0.25, 0.3) is 0 Å². The molecule has 0 radical (unpaired) electrons. The highest BCUT2D eigenvalue weighted by Gasteiger charge is 2.09. The van der Waals surface area contributed by atoms with Crippen molar-refractivity contribution in [2.24, 2.45) is 5.73 Å². The van der Waals surface area contributed by atoms with Gasteiger partial charge in [0.1, 0.15) is 0 Å². The molecule has 17 heavy (non-hydrogen) atoms. The van der Waals surface area contributed by atoms with Crippen LogP contribution in [0.5, 0.6) is 0 Å². The highest BCUT2D eigenvalue weighted by atomic mass is 16.2. The maximum absolute atomic E-state index is 11.8. The fourth-order valence-corrected chi connectivity index (χ4v) is 1.64. The van der Waals surface area contributed by atoms with Gasteiger partial charge in [0, 0.05) is 18.8 Å². The number of rotatable bonds is 6. The first-order chi connectivity index (χ1) is 8.17. The first kappa shape index (κ1) is 13.7. The Hall–Kier alpha value is -1.39. The van der Waals surface area contributed by atoms with Gasteiger partial charge >= 0.3 is 0 Å². The molecule has 0 atom stereocenters. The molecule has 0 aromatic heterocycles. The quantitative estimate of drug-likeness (QED) is 0.779. The molecule has 0 spiro atoms. The predicted octanol–water partition coefficient (Wildman–Crippen LogP) is 1.21. The van der Waals surface area contributed by atoms with Crippen molar-refractivity contribution in [3.8, 4) is 0 Å². The van der Waals surface area contributed by atoms with Crippen LogP contribution in [0.2, 0.25) is 0 Å². The lowest BCUT2D eigenvalue weighted by molar-refractivity contribution is -0.117. The van der Waals surface area contributed by atoms with E-state index in [0.29, 0.717) is 13.1 Å². The standard InChI is InChI=1S/C13H21N3O/c1-3-16(9-8-14)10-13(17)15-12-7-5-4-6-11(12)2/h4-7H,3,8-10,14H2,1-2H3,(H,15,17). The van der Waals surface area contributed by atoms with Crippen LogP contribution in [0.15, 0.2) is 24.3 Å². The van der Waals surface area contributed by atoms with Crippen molar-refractivity contribution >= 4 is 11.6 Å². The van der Waals surface area contributed by atoms with Gasteiger partial charge in [0.15, 0.2) is 0 Å². The molecule has 4 nitrogen and oxygen atoms in total. The van der Waals surface area contributed by atoms with Crippen molar-refractivity contribution in [1.29, 1.82) is 0 Å². The molecule has 0 saturated heterocycles. The van der Waals surface area contributed by atoms with Gasteiger partial charge in [-0.3, -0.25) is 9.69 Å². The molecule has 0 aliphatic heterocycles. The molecule has 0 heterocycles. The monoisotopic (exact) mass is 235 g/mol. The van der Waals surface area contributed by atoms with Crippen LogP contribution >= 0.6 is 0 Å². The molecule has 1 aromatic carbocycles. The molecule has 1 amide bonds. The van der Waals surface area contributed by atoms with E-state index in [4.69, 9.17) is 5.73 Å². The third kappa shape index (κ3) is 4.54. The number of hydrogen-bond acceptors (Lipinski definition) is 3. The number of hydrogen-bond donors (Lipinski definition) is 2. The van der Waals surface area contributed by atoms with Crippen molar-refractivity contribution in [3.63, 3.8) is 0 Å². The number of likely N-dealkylation sites (N-methyl/N-ethyl adjacent to an activating group) is 1. The number of para-hydroxylation sites is 1. The molecule has 0 aliphatic rings. The molecule has 1 rings (SSSR count). The van der Waals surface area contributed by atoms with Crippen LogP contribution in [-0.2, 0) is 4.79 Å². The maximum Gasteiger partial charge on any atom is 0.238 e. The zero-order valence-electron chi connectivity index (χ0n) is 10.6. The van der Waals surface area contributed by atoms with Crippen LogP contribution in [0.1, 0.15) is 12.5 Å². The second kappa shape index (κ2) is 7.04. The second-order valence-electron chi connectivity index (χ2n) is 4.02. The van der Waals surface area contributed by atoms with Gasteiger partial charge in [-0.15, -0.1) is 0 Å². The van der Waals surface area contributed by atoms with Crippen molar-refractivity contribution in [2.45, 2.75) is 13.8 Å². The van der Waals surface area contributed by atoms with E-state index in [1.165, 1.54) is 0 Å². The molecule has 0 unspecified atom stereocenters. The van der Waals surface area contributed by atoms with Crippen molar-refractivity contribution < 1.29 is 4.79 Å². The second-order valence-corrected chi connectivity index (χ2v) is 4.02. The summed E-state index contributed by atoms with van der Waals surface area (Å²) in [5, 5.41) is 2.91. The number of benzene rings is 1. The SMILES string of the molecule is CCN(CCN)CC(=O)Nc1ccccc1C. The summed E-state index contributed by atoms with van der Waals surface area (Å²) in [6.45, 7) is 6.55. The fraction of sp³-hybridized carbons (Fsp3) is 0.462. The van der Waals surface area contributed by atoms with Crippen LogP contribution in [0, 0.1) is 6.92 Å². The summed E-state index contributed by atoms with van der Waals surface area (Å²) in [4.78, 5) is 13.8. The number of amides is 1. The average Bonchev–Trinajstić information content (AvgIpc) is 2.31. The molecule has 94 valence electrons. The van der Waals surface area contributed by atoms with Gasteiger partial charge in [-0.25, -0.2) is 0 Å². The number of nitrogens with zero attached hydrogens (tertiary/aromatic N) is 1. The Kier molecular flexibility index (Phi) is 5.66. The molecular weight excluding hydrogens is 214 g/mol. The van der Waals surface area contributed by atoms with Crippen molar-refractivity contribution in [3.05, 3.63) is 29.8 Å². The third-order valence-corrected chi connectivity index (χ3v) is 2.68. The van der Waals surface area contributed by atoms with Gasteiger partial charge < -0.3 is 11.1 Å².